The second-order valence-corrected chi connectivity index (χ2v) is 11.4. The number of rotatable bonds is 4. The zero-order chi connectivity index (χ0) is 22.1. The molecule has 4 heteroatoms. The molecule has 2 N–H and O–H groups in total. The van der Waals surface area contributed by atoms with Gasteiger partial charge in [-0.3, -0.25) is 0 Å². The van der Waals surface area contributed by atoms with Gasteiger partial charge in [0, 0.05) is 0 Å². The van der Waals surface area contributed by atoms with Crippen molar-refractivity contribution in [3.05, 3.63) is 29.3 Å². The maximum Gasteiger partial charge on any atom is 0.342 e. The van der Waals surface area contributed by atoms with Crippen molar-refractivity contribution in [2.75, 3.05) is 0 Å². The molecule has 1 aromatic carbocycles. The average molecular weight is 441 g/mol. The number of hydrogen-bond acceptors (Lipinski definition) is 4. The number of benzene rings is 1. The first-order chi connectivity index (χ1) is 15.5. The summed E-state index contributed by atoms with van der Waals surface area (Å²) in [6.07, 6.45) is 16.0. The SMILES string of the molecule is O=C(OC1CCC2CCCCC2C1)c1cc(CC2CCC3CCC(O)CC3C2)ccc1O. The zero-order valence-electron chi connectivity index (χ0n) is 19.4. The molecule has 0 saturated heterocycles. The number of hydrogen-bond donors (Lipinski definition) is 2. The maximum absolute atomic E-state index is 13.0. The Bertz CT molecular complexity index is 805. The second-order valence-electron chi connectivity index (χ2n) is 11.4. The molecule has 4 aliphatic rings. The summed E-state index contributed by atoms with van der Waals surface area (Å²) in [5, 5.41) is 20.5. The third-order valence-corrected chi connectivity index (χ3v) is 9.26. The molecule has 4 saturated carbocycles. The quantitative estimate of drug-likeness (QED) is 0.561. The molecular weight excluding hydrogens is 400 g/mol. The van der Waals surface area contributed by atoms with E-state index >= 15 is 0 Å². The number of aliphatic hydroxyl groups excluding tert-OH is 1. The molecule has 1 aromatic rings. The fourth-order valence-electron chi connectivity index (χ4n) is 7.51. The van der Waals surface area contributed by atoms with Crippen LogP contribution >= 0.6 is 0 Å². The summed E-state index contributed by atoms with van der Waals surface area (Å²) in [5.74, 6) is 3.25. The zero-order valence-corrected chi connectivity index (χ0v) is 19.4. The molecule has 0 aliphatic heterocycles. The lowest BCUT2D eigenvalue weighted by Gasteiger charge is -2.41. The van der Waals surface area contributed by atoms with Crippen molar-refractivity contribution in [2.45, 2.75) is 102 Å². The number of aliphatic hydroxyl groups is 1. The molecule has 0 radical (unpaired) electrons. The van der Waals surface area contributed by atoms with E-state index in [2.05, 4.69) is 0 Å². The van der Waals surface area contributed by atoms with E-state index in [1.807, 2.05) is 12.1 Å². The number of carbonyl (C=O) groups excluding carboxylic acids is 1. The third kappa shape index (κ3) is 5.00. The van der Waals surface area contributed by atoms with Crippen LogP contribution in [0, 0.1) is 29.6 Å². The van der Waals surface area contributed by atoms with Gasteiger partial charge in [0.25, 0.3) is 0 Å². The van der Waals surface area contributed by atoms with Gasteiger partial charge in [-0.2, -0.15) is 0 Å². The highest BCUT2D eigenvalue weighted by Crippen LogP contribution is 2.44. The third-order valence-electron chi connectivity index (χ3n) is 9.26. The molecule has 0 bridgehead atoms. The Balaban J connectivity index is 1.19. The minimum Gasteiger partial charge on any atom is -0.507 e. The van der Waals surface area contributed by atoms with Crippen molar-refractivity contribution in [1.29, 1.82) is 0 Å². The Labute approximate surface area is 192 Å². The average Bonchev–Trinajstić information content (AvgIpc) is 2.80. The standard InChI is InChI=1S/C28H40O4/c29-24-10-8-21-7-5-18(14-23(21)16-24)13-19-6-12-27(30)26(15-19)28(31)32-25-11-9-20-3-1-2-4-22(20)17-25/h6,12,15,18,20-25,29-30H,1-5,7-11,13-14,16-17H2. The smallest absolute Gasteiger partial charge is 0.342 e. The van der Waals surface area contributed by atoms with Crippen LogP contribution in [0.5, 0.6) is 5.75 Å². The lowest BCUT2D eigenvalue weighted by molar-refractivity contribution is -0.00117. The number of phenols is 1. The van der Waals surface area contributed by atoms with Crippen LogP contribution in [0.3, 0.4) is 0 Å². The van der Waals surface area contributed by atoms with Gasteiger partial charge in [-0.05, 0) is 111 Å². The molecule has 0 aromatic heterocycles. The van der Waals surface area contributed by atoms with Crippen LogP contribution in [0.2, 0.25) is 0 Å². The molecule has 0 spiro atoms. The minimum atomic E-state index is -0.359. The highest BCUT2D eigenvalue weighted by atomic mass is 16.5. The normalized spacial score (nSPS) is 37.2. The van der Waals surface area contributed by atoms with Gasteiger partial charge in [0.2, 0.25) is 0 Å². The Kier molecular flexibility index (Phi) is 6.78. The molecule has 176 valence electrons. The van der Waals surface area contributed by atoms with Crippen molar-refractivity contribution in [2.24, 2.45) is 29.6 Å². The number of esters is 1. The highest BCUT2D eigenvalue weighted by molar-refractivity contribution is 5.92. The first-order valence-corrected chi connectivity index (χ1v) is 13.3. The van der Waals surface area contributed by atoms with Gasteiger partial charge in [0.1, 0.15) is 17.4 Å². The summed E-state index contributed by atoms with van der Waals surface area (Å²) in [6, 6.07) is 5.49. The first kappa shape index (κ1) is 22.3. The monoisotopic (exact) mass is 440 g/mol. The predicted molar refractivity (Wildman–Crippen MR) is 124 cm³/mol. The van der Waals surface area contributed by atoms with E-state index in [0.717, 1.165) is 49.5 Å². The summed E-state index contributed by atoms with van der Waals surface area (Å²) >= 11 is 0. The molecule has 4 aliphatic carbocycles. The lowest BCUT2D eigenvalue weighted by atomic mass is 9.66. The van der Waals surface area contributed by atoms with Crippen LogP contribution in [0.4, 0.5) is 0 Å². The van der Waals surface area contributed by atoms with E-state index in [-0.39, 0.29) is 23.9 Å². The van der Waals surface area contributed by atoms with E-state index in [9.17, 15) is 15.0 Å². The van der Waals surface area contributed by atoms with Gasteiger partial charge >= 0.3 is 5.97 Å². The molecule has 5 rings (SSSR count). The topological polar surface area (TPSA) is 66.8 Å². The molecule has 32 heavy (non-hydrogen) atoms. The number of carbonyl (C=O) groups is 1. The Morgan fingerprint density at radius 1 is 0.844 bits per heavy atom. The summed E-state index contributed by atoms with van der Waals surface area (Å²) in [4.78, 5) is 13.0. The fraction of sp³-hybridized carbons (Fsp3) is 0.750. The Morgan fingerprint density at radius 3 is 2.47 bits per heavy atom. The van der Waals surface area contributed by atoms with Gasteiger partial charge in [-0.25, -0.2) is 4.79 Å². The van der Waals surface area contributed by atoms with E-state index in [1.165, 1.54) is 57.8 Å². The number of ether oxygens (including phenoxy) is 1. The van der Waals surface area contributed by atoms with Crippen LogP contribution < -0.4 is 0 Å². The van der Waals surface area contributed by atoms with Crippen molar-refractivity contribution in [1.82, 2.24) is 0 Å². The Morgan fingerprint density at radius 2 is 1.59 bits per heavy atom. The van der Waals surface area contributed by atoms with E-state index in [0.29, 0.717) is 23.3 Å². The number of fused-ring (bicyclic) bond motifs is 2. The van der Waals surface area contributed by atoms with E-state index in [1.54, 1.807) is 6.07 Å². The minimum absolute atomic E-state index is 0.00193. The van der Waals surface area contributed by atoms with Crippen molar-refractivity contribution in [3.63, 3.8) is 0 Å². The van der Waals surface area contributed by atoms with Crippen molar-refractivity contribution in [3.8, 4) is 5.75 Å². The van der Waals surface area contributed by atoms with Crippen LogP contribution in [-0.4, -0.2) is 28.4 Å². The van der Waals surface area contributed by atoms with Crippen molar-refractivity contribution >= 4 is 5.97 Å². The van der Waals surface area contributed by atoms with Gasteiger partial charge in [-0.1, -0.05) is 31.7 Å². The fourth-order valence-corrected chi connectivity index (χ4v) is 7.51. The van der Waals surface area contributed by atoms with Gasteiger partial charge in [0.05, 0.1) is 6.10 Å². The van der Waals surface area contributed by atoms with Gasteiger partial charge in [0.15, 0.2) is 0 Å². The van der Waals surface area contributed by atoms with Crippen LogP contribution in [0.1, 0.15) is 99.4 Å². The van der Waals surface area contributed by atoms with Gasteiger partial charge in [-0.15, -0.1) is 0 Å². The molecule has 4 nitrogen and oxygen atoms in total. The molecular formula is C28H40O4. The largest absolute Gasteiger partial charge is 0.507 e. The lowest BCUT2D eigenvalue weighted by Crippen LogP contribution is -2.33. The van der Waals surface area contributed by atoms with Crippen LogP contribution in [0.15, 0.2) is 18.2 Å². The van der Waals surface area contributed by atoms with Crippen LogP contribution in [0.25, 0.3) is 0 Å². The summed E-state index contributed by atoms with van der Waals surface area (Å²) < 4.78 is 5.91. The van der Waals surface area contributed by atoms with E-state index in [4.69, 9.17) is 4.74 Å². The molecule has 0 heterocycles. The van der Waals surface area contributed by atoms with Gasteiger partial charge < -0.3 is 14.9 Å². The summed E-state index contributed by atoms with van der Waals surface area (Å²) in [5.41, 5.74) is 1.44. The summed E-state index contributed by atoms with van der Waals surface area (Å²) in [7, 11) is 0. The van der Waals surface area contributed by atoms with Crippen LogP contribution in [-0.2, 0) is 11.2 Å². The van der Waals surface area contributed by atoms with Crippen molar-refractivity contribution < 1.29 is 19.7 Å². The maximum atomic E-state index is 13.0. The molecule has 4 fully saturated rings. The Hall–Kier alpha value is -1.55. The number of phenolic OH excluding ortho intramolecular Hbond substituents is 1. The molecule has 0 amide bonds. The predicted octanol–water partition coefficient (Wildman–Crippen LogP) is 6.03. The van der Waals surface area contributed by atoms with E-state index < -0.39 is 0 Å². The number of aromatic hydroxyl groups is 1. The highest BCUT2D eigenvalue weighted by Gasteiger charge is 2.36. The first-order valence-electron chi connectivity index (χ1n) is 13.3. The molecule has 7 unspecified atom stereocenters. The second kappa shape index (κ2) is 9.75. The molecule has 7 atom stereocenters. The summed E-state index contributed by atoms with van der Waals surface area (Å²) in [6.45, 7) is 0.